The minimum Gasteiger partial charge on any atom is -0.351 e. The number of nitrogens with one attached hydrogen (secondary N) is 2. The predicted octanol–water partition coefficient (Wildman–Crippen LogP) is 1.68. The average Bonchev–Trinajstić information content (AvgIpc) is 2.58. The van der Waals surface area contributed by atoms with Crippen LogP contribution in [-0.4, -0.2) is 24.5 Å². The van der Waals surface area contributed by atoms with Crippen molar-refractivity contribution in [3.8, 4) is 12.3 Å². The van der Waals surface area contributed by atoms with E-state index in [-0.39, 0.29) is 24.0 Å². The highest BCUT2D eigenvalue weighted by molar-refractivity contribution is 14.0. The molecule has 1 aromatic heterocycles. The molecule has 0 saturated heterocycles. The summed E-state index contributed by atoms with van der Waals surface area (Å²) in [4.78, 5) is 9.65. The molecule has 94 valence electrons. The summed E-state index contributed by atoms with van der Waals surface area (Å²) in [5, 5.41) is 7.28. The molecular weight excluding hydrogens is 347 g/mol. The van der Waals surface area contributed by atoms with Gasteiger partial charge in [-0.25, -0.2) is 4.98 Å². The van der Waals surface area contributed by atoms with Crippen molar-refractivity contribution in [2.24, 2.45) is 4.99 Å². The lowest BCUT2D eigenvalue weighted by Crippen LogP contribution is -2.36. The van der Waals surface area contributed by atoms with E-state index in [1.54, 1.807) is 18.4 Å². The number of hydrogen-bond donors (Lipinski definition) is 2. The van der Waals surface area contributed by atoms with Gasteiger partial charge in [-0.3, -0.25) is 4.99 Å². The molecular formula is C11H17IN4S. The van der Waals surface area contributed by atoms with E-state index in [4.69, 9.17) is 6.42 Å². The van der Waals surface area contributed by atoms with Crippen LogP contribution >= 0.6 is 35.3 Å². The molecule has 0 atom stereocenters. The fourth-order valence-corrected chi connectivity index (χ4v) is 2.13. The van der Waals surface area contributed by atoms with Crippen molar-refractivity contribution < 1.29 is 0 Å². The lowest BCUT2D eigenvalue weighted by Gasteiger charge is -2.08. The molecule has 1 aromatic rings. The van der Waals surface area contributed by atoms with E-state index in [0.717, 1.165) is 17.2 Å². The fraction of sp³-hybridized carbons (Fsp3) is 0.455. The molecule has 1 heterocycles. The first-order valence-corrected chi connectivity index (χ1v) is 5.80. The Balaban J connectivity index is 0.00000256. The minimum atomic E-state index is 0. The molecule has 17 heavy (non-hydrogen) atoms. The van der Waals surface area contributed by atoms with E-state index in [2.05, 4.69) is 26.5 Å². The van der Waals surface area contributed by atoms with Crippen LogP contribution in [0.15, 0.2) is 4.99 Å². The Labute approximate surface area is 123 Å². The molecule has 1 rings (SSSR count). The third kappa shape index (κ3) is 5.37. The van der Waals surface area contributed by atoms with Crippen LogP contribution in [0.2, 0.25) is 0 Å². The topological polar surface area (TPSA) is 49.3 Å². The van der Waals surface area contributed by atoms with Crippen LogP contribution in [0.1, 0.15) is 15.6 Å². The molecule has 0 bridgehead atoms. The number of aryl methyl sites for hydroxylation is 2. The lowest BCUT2D eigenvalue weighted by atomic mass is 10.4. The summed E-state index contributed by atoms with van der Waals surface area (Å²) < 4.78 is 0. The van der Waals surface area contributed by atoms with Gasteiger partial charge in [-0.1, -0.05) is 5.92 Å². The van der Waals surface area contributed by atoms with Gasteiger partial charge in [0.2, 0.25) is 0 Å². The molecule has 0 aromatic carbocycles. The van der Waals surface area contributed by atoms with E-state index in [1.165, 1.54) is 4.88 Å². The van der Waals surface area contributed by atoms with Gasteiger partial charge >= 0.3 is 0 Å². The maximum absolute atomic E-state index is 5.16. The van der Waals surface area contributed by atoms with E-state index in [0.29, 0.717) is 12.5 Å². The van der Waals surface area contributed by atoms with E-state index in [9.17, 15) is 0 Å². The zero-order valence-electron chi connectivity index (χ0n) is 10.2. The Morgan fingerprint density at radius 2 is 2.18 bits per heavy atom. The van der Waals surface area contributed by atoms with Crippen molar-refractivity contribution in [2.75, 3.05) is 13.6 Å². The molecule has 0 aliphatic heterocycles. The van der Waals surface area contributed by atoms with Crippen LogP contribution in [0.4, 0.5) is 0 Å². The number of nitrogens with zero attached hydrogens (tertiary/aromatic N) is 2. The van der Waals surface area contributed by atoms with Crippen molar-refractivity contribution in [1.29, 1.82) is 0 Å². The molecule has 4 nitrogen and oxygen atoms in total. The Morgan fingerprint density at radius 1 is 1.47 bits per heavy atom. The Kier molecular flexibility index (Phi) is 7.91. The maximum atomic E-state index is 5.16. The van der Waals surface area contributed by atoms with Gasteiger partial charge in [-0.2, -0.15) is 0 Å². The van der Waals surface area contributed by atoms with Gasteiger partial charge in [-0.15, -0.1) is 41.7 Å². The van der Waals surface area contributed by atoms with Crippen molar-refractivity contribution in [3.63, 3.8) is 0 Å². The molecule has 0 saturated carbocycles. The highest BCUT2D eigenvalue weighted by Gasteiger charge is 2.05. The number of aliphatic imine (C=N–C) groups is 1. The Morgan fingerprint density at radius 3 is 2.65 bits per heavy atom. The fourth-order valence-electron chi connectivity index (χ4n) is 1.26. The minimum absolute atomic E-state index is 0. The third-order valence-corrected chi connectivity index (χ3v) is 3.07. The SMILES string of the molecule is C#CCNC(=NC)NCc1sc(C)nc1C.I. The lowest BCUT2D eigenvalue weighted by molar-refractivity contribution is 0.855. The number of halogens is 1. The number of terminal acetylenes is 1. The summed E-state index contributed by atoms with van der Waals surface area (Å²) in [5.41, 5.74) is 1.07. The molecule has 0 aliphatic carbocycles. The largest absolute Gasteiger partial charge is 0.351 e. The Bertz CT molecular complexity index is 420. The molecule has 0 spiro atoms. The van der Waals surface area contributed by atoms with Crippen LogP contribution in [-0.2, 0) is 6.54 Å². The molecule has 0 radical (unpaired) electrons. The Hall–Kier alpha value is -0.810. The van der Waals surface area contributed by atoms with Gasteiger partial charge < -0.3 is 10.6 Å². The smallest absolute Gasteiger partial charge is 0.192 e. The molecule has 0 fully saturated rings. The van der Waals surface area contributed by atoms with Gasteiger partial charge in [0.05, 0.1) is 23.8 Å². The van der Waals surface area contributed by atoms with Gasteiger partial charge in [0, 0.05) is 11.9 Å². The second-order valence-electron chi connectivity index (χ2n) is 3.22. The van der Waals surface area contributed by atoms with Crippen molar-refractivity contribution in [1.82, 2.24) is 15.6 Å². The number of thiazole rings is 1. The van der Waals surface area contributed by atoms with Crippen LogP contribution in [0, 0.1) is 26.2 Å². The summed E-state index contributed by atoms with van der Waals surface area (Å²) in [6.07, 6.45) is 5.16. The van der Waals surface area contributed by atoms with Gasteiger partial charge in [-0.05, 0) is 13.8 Å². The number of guanidine groups is 1. The van der Waals surface area contributed by atoms with E-state index < -0.39 is 0 Å². The average molecular weight is 364 g/mol. The molecule has 0 aliphatic rings. The number of rotatable bonds is 3. The van der Waals surface area contributed by atoms with E-state index >= 15 is 0 Å². The zero-order valence-corrected chi connectivity index (χ0v) is 13.3. The molecule has 0 amide bonds. The quantitative estimate of drug-likeness (QED) is 0.371. The van der Waals surface area contributed by atoms with Gasteiger partial charge in [0.1, 0.15) is 0 Å². The van der Waals surface area contributed by atoms with Crippen molar-refractivity contribution in [2.45, 2.75) is 20.4 Å². The number of aromatic nitrogens is 1. The summed E-state index contributed by atoms with van der Waals surface area (Å²) in [6, 6.07) is 0. The standard InChI is InChI=1S/C11H16N4S.HI/c1-5-6-13-11(12-4)14-7-10-8(2)15-9(3)16-10;/h1H,6-7H2,2-4H3,(H2,12,13,14);1H. The third-order valence-electron chi connectivity index (χ3n) is 2.00. The van der Waals surface area contributed by atoms with Gasteiger partial charge in [0.25, 0.3) is 0 Å². The van der Waals surface area contributed by atoms with Crippen molar-refractivity contribution >= 4 is 41.3 Å². The summed E-state index contributed by atoms with van der Waals surface area (Å²) in [5.74, 6) is 3.22. The van der Waals surface area contributed by atoms with E-state index in [1.807, 2.05) is 13.8 Å². The monoisotopic (exact) mass is 364 g/mol. The molecule has 6 heteroatoms. The van der Waals surface area contributed by atoms with Crippen LogP contribution in [0.25, 0.3) is 0 Å². The highest BCUT2D eigenvalue weighted by Crippen LogP contribution is 2.16. The second kappa shape index (κ2) is 8.31. The summed E-state index contributed by atoms with van der Waals surface area (Å²) in [6.45, 7) is 5.21. The normalized spacial score (nSPS) is 10.4. The highest BCUT2D eigenvalue weighted by atomic mass is 127. The van der Waals surface area contributed by atoms with Gasteiger partial charge in [0.15, 0.2) is 5.96 Å². The zero-order chi connectivity index (χ0) is 12.0. The maximum Gasteiger partial charge on any atom is 0.192 e. The first-order chi connectivity index (χ1) is 7.67. The first kappa shape index (κ1) is 16.2. The second-order valence-corrected chi connectivity index (χ2v) is 4.51. The van der Waals surface area contributed by atoms with Crippen LogP contribution in [0.3, 0.4) is 0 Å². The predicted molar refractivity (Wildman–Crippen MR) is 84.0 cm³/mol. The first-order valence-electron chi connectivity index (χ1n) is 4.98. The summed E-state index contributed by atoms with van der Waals surface area (Å²) >= 11 is 1.69. The van der Waals surface area contributed by atoms with Crippen molar-refractivity contribution in [3.05, 3.63) is 15.6 Å². The number of hydrogen-bond acceptors (Lipinski definition) is 3. The summed E-state index contributed by atoms with van der Waals surface area (Å²) in [7, 11) is 1.72. The van der Waals surface area contributed by atoms with Crippen LogP contribution < -0.4 is 10.6 Å². The molecule has 2 N–H and O–H groups in total. The van der Waals surface area contributed by atoms with Crippen LogP contribution in [0.5, 0.6) is 0 Å². The molecule has 0 unspecified atom stereocenters.